The second kappa shape index (κ2) is 5.76. The molecule has 23 heavy (non-hydrogen) atoms. The summed E-state index contributed by atoms with van der Waals surface area (Å²) < 4.78 is 102. The molecule has 124 valence electrons. The van der Waals surface area contributed by atoms with Crippen LogP contribution in [0.5, 0.6) is 0 Å². The number of nitrogens with one attached hydrogen (secondary N) is 1. The number of sulfonamides is 1. The molecule has 2 aromatic carbocycles. The number of alkyl halides is 3. The summed E-state index contributed by atoms with van der Waals surface area (Å²) >= 11 is 0. The normalized spacial score (nSPS) is 12.3. The van der Waals surface area contributed by atoms with Gasteiger partial charge >= 0.3 is 6.18 Å². The SMILES string of the molecule is O=S(=O)(Nc1cc(F)c(F)c(F)c1)c1cccc(C(F)(F)F)c1. The van der Waals surface area contributed by atoms with Gasteiger partial charge in [0, 0.05) is 12.1 Å². The topological polar surface area (TPSA) is 46.2 Å². The molecule has 0 unspecified atom stereocenters. The van der Waals surface area contributed by atoms with E-state index < -0.39 is 49.8 Å². The number of hydrogen-bond acceptors (Lipinski definition) is 2. The molecule has 0 aliphatic rings. The van der Waals surface area contributed by atoms with Crippen LogP contribution in [0.15, 0.2) is 41.3 Å². The van der Waals surface area contributed by atoms with E-state index in [1.54, 1.807) is 4.72 Å². The third-order valence-electron chi connectivity index (χ3n) is 2.71. The van der Waals surface area contributed by atoms with E-state index in [4.69, 9.17) is 0 Å². The summed E-state index contributed by atoms with van der Waals surface area (Å²) in [5.74, 6) is -5.09. The van der Waals surface area contributed by atoms with Crippen LogP contribution in [0.2, 0.25) is 0 Å². The molecule has 10 heteroatoms. The zero-order valence-electron chi connectivity index (χ0n) is 11.0. The Balaban J connectivity index is 2.40. The minimum atomic E-state index is -4.76. The van der Waals surface area contributed by atoms with E-state index in [1.807, 2.05) is 0 Å². The van der Waals surface area contributed by atoms with E-state index in [-0.39, 0.29) is 0 Å². The number of rotatable bonds is 3. The molecule has 0 saturated heterocycles. The maximum atomic E-state index is 13.0. The Morgan fingerprint density at radius 2 is 1.48 bits per heavy atom. The van der Waals surface area contributed by atoms with Crippen LogP contribution in [0, 0.1) is 17.5 Å². The van der Waals surface area contributed by atoms with Crippen LogP contribution in [0.25, 0.3) is 0 Å². The van der Waals surface area contributed by atoms with Gasteiger partial charge in [0.15, 0.2) is 17.5 Å². The average molecular weight is 355 g/mol. The first-order chi connectivity index (χ1) is 10.5. The second-order valence-corrected chi connectivity index (χ2v) is 6.07. The van der Waals surface area contributed by atoms with E-state index >= 15 is 0 Å². The van der Waals surface area contributed by atoms with Crippen LogP contribution in [-0.4, -0.2) is 8.42 Å². The van der Waals surface area contributed by atoms with Crippen molar-refractivity contribution in [1.29, 1.82) is 0 Å². The summed E-state index contributed by atoms with van der Waals surface area (Å²) in [6.45, 7) is 0. The predicted molar refractivity (Wildman–Crippen MR) is 68.6 cm³/mol. The smallest absolute Gasteiger partial charge is 0.279 e. The van der Waals surface area contributed by atoms with Gasteiger partial charge in [-0.25, -0.2) is 21.6 Å². The van der Waals surface area contributed by atoms with Gasteiger partial charge in [-0.3, -0.25) is 4.72 Å². The molecule has 3 nitrogen and oxygen atoms in total. The highest BCUT2D eigenvalue weighted by Gasteiger charge is 2.31. The first-order valence-electron chi connectivity index (χ1n) is 5.85. The number of anilines is 1. The number of halogens is 6. The van der Waals surface area contributed by atoms with Crippen molar-refractivity contribution in [3.8, 4) is 0 Å². The maximum absolute atomic E-state index is 13.0. The Morgan fingerprint density at radius 1 is 0.913 bits per heavy atom. The lowest BCUT2D eigenvalue weighted by atomic mass is 10.2. The third-order valence-corrected chi connectivity index (χ3v) is 4.09. The molecule has 0 saturated carbocycles. The molecule has 0 radical (unpaired) electrons. The van der Waals surface area contributed by atoms with Gasteiger partial charge in [-0.05, 0) is 18.2 Å². The van der Waals surface area contributed by atoms with E-state index in [0.29, 0.717) is 24.3 Å². The first-order valence-corrected chi connectivity index (χ1v) is 7.33. The highest BCUT2D eigenvalue weighted by Crippen LogP contribution is 2.31. The monoisotopic (exact) mass is 355 g/mol. The minimum absolute atomic E-state index is 0.360. The number of hydrogen-bond donors (Lipinski definition) is 1. The Morgan fingerprint density at radius 3 is 2.00 bits per heavy atom. The summed E-state index contributed by atoms with van der Waals surface area (Å²) in [4.78, 5) is -0.766. The first kappa shape index (κ1) is 17.1. The van der Waals surface area contributed by atoms with Gasteiger partial charge in [0.25, 0.3) is 10.0 Å². The van der Waals surface area contributed by atoms with E-state index in [0.717, 1.165) is 12.1 Å². The Bertz CT molecular complexity index is 825. The van der Waals surface area contributed by atoms with Crippen molar-refractivity contribution >= 4 is 15.7 Å². The molecule has 0 spiro atoms. The van der Waals surface area contributed by atoms with Crippen molar-refractivity contribution in [2.45, 2.75) is 11.1 Å². The molecule has 0 atom stereocenters. The van der Waals surface area contributed by atoms with Crippen molar-refractivity contribution in [2.75, 3.05) is 4.72 Å². The fourth-order valence-electron chi connectivity index (χ4n) is 1.67. The van der Waals surface area contributed by atoms with E-state index in [1.165, 1.54) is 0 Å². The summed E-state index contributed by atoms with van der Waals surface area (Å²) in [7, 11) is -4.55. The van der Waals surface area contributed by atoms with Crippen molar-refractivity contribution in [3.05, 3.63) is 59.4 Å². The minimum Gasteiger partial charge on any atom is -0.279 e. The maximum Gasteiger partial charge on any atom is 0.416 e. The van der Waals surface area contributed by atoms with Crippen molar-refractivity contribution < 1.29 is 34.8 Å². The van der Waals surface area contributed by atoms with Crippen LogP contribution in [-0.2, 0) is 16.2 Å². The quantitative estimate of drug-likeness (QED) is 0.670. The molecule has 0 aliphatic heterocycles. The lowest BCUT2D eigenvalue weighted by Crippen LogP contribution is -2.15. The Kier molecular flexibility index (Phi) is 4.29. The standard InChI is InChI=1S/C13H7F6NO2S/c14-10-5-8(6-11(15)12(10)16)20-23(21,22)9-3-1-2-7(4-9)13(17,18)19/h1-6,20H. The molecular weight excluding hydrogens is 348 g/mol. The molecule has 2 aromatic rings. The fraction of sp³-hybridized carbons (Fsp3) is 0.0769. The lowest BCUT2D eigenvalue weighted by molar-refractivity contribution is -0.137. The Hall–Kier alpha value is -2.23. The van der Waals surface area contributed by atoms with Crippen LogP contribution in [0.1, 0.15) is 5.56 Å². The van der Waals surface area contributed by atoms with Gasteiger partial charge in [0.1, 0.15) is 0 Å². The van der Waals surface area contributed by atoms with E-state index in [9.17, 15) is 34.8 Å². The lowest BCUT2D eigenvalue weighted by Gasteiger charge is -2.11. The van der Waals surface area contributed by atoms with Gasteiger partial charge in [-0.1, -0.05) is 6.07 Å². The van der Waals surface area contributed by atoms with Crippen LogP contribution in [0.4, 0.5) is 32.0 Å². The number of benzene rings is 2. The van der Waals surface area contributed by atoms with Gasteiger partial charge in [-0.2, -0.15) is 13.2 Å². The zero-order chi connectivity index (χ0) is 17.4. The molecule has 0 aromatic heterocycles. The third kappa shape index (κ3) is 3.76. The molecule has 0 fully saturated rings. The molecule has 0 aliphatic carbocycles. The average Bonchev–Trinajstić information content (AvgIpc) is 2.43. The highest BCUT2D eigenvalue weighted by atomic mass is 32.2. The van der Waals surface area contributed by atoms with Crippen LogP contribution < -0.4 is 4.72 Å². The zero-order valence-corrected chi connectivity index (χ0v) is 11.8. The summed E-state index contributed by atoms with van der Waals surface area (Å²) in [5, 5.41) is 0. The largest absolute Gasteiger partial charge is 0.416 e. The van der Waals surface area contributed by atoms with Crippen LogP contribution >= 0.6 is 0 Å². The van der Waals surface area contributed by atoms with Crippen molar-refractivity contribution in [1.82, 2.24) is 0 Å². The molecule has 0 heterocycles. The predicted octanol–water partition coefficient (Wildman–Crippen LogP) is 3.92. The van der Waals surface area contributed by atoms with E-state index in [2.05, 4.69) is 0 Å². The van der Waals surface area contributed by atoms with Crippen molar-refractivity contribution in [3.63, 3.8) is 0 Å². The molecule has 1 N–H and O–H groups in total. The molecular formula is C13H7F6NO2S. The molecule has 0 amide bonds. The van der Waals surface area contributed by atoms with Crippen LogP contribution in [0.3, 0.4) is 0 Å². The molecule has 0 bridgehead atoms. The Labute approximate surface area is 126 Å². The van der Waals surface area contributed by atoms with Gasteiger partial charge in [0.05, 0.1) is 16.1 Å². The fourth-order valence-corrected chi connectivity index (χ4v) is 2.75. The summed E-state index contributed by atoms with van der Waals surface area (Å²) in [5.41, 5.74) is -1.88. The summed E-state index contributed by atoms with van der Waals surface area (Å²) in [6.07, 6.45) is -4.76. The van der Waals surface area contributed by atoms with Gasteiger partial charge < -0.3 is 0 Å². The highest BCUT2D eigenvalue weighted by molar-refractivity contribution is 7.92. The molecule has 2 rings (SSSR count). The second-order valence-electron chi connectivity index (χ2n) is 4.38. The van der Waals surface area contributed by atoms with Gasteiger partial charge in [-0.15, -0.1) is 0 Å². The van der Waals surface area contributed by atoms with Gasteiger partial charge in [0.2, 0.25) is 0 Å². The van der Waals surface area contributed by atoms with Crippen molar-refractivity contribution in [2.24, 2.45) is 0 Å². The summed E-state index contributed by atoms with van der Waals surface area (Å²) in [6, 6.07) is 3.49.